The van der Waals surface area contributed by atoms with E-state index in [-0.39, 0.29) is 0 Å². The smallest absolute Gasteiger partial charge is 0.164 e. The van der Waals surface area contributed by atoms with Crippen molar-refractivity contribution in [3.05, 3.63) is 176 Å². The monoisotopic (exact) mass is 651 g/mol. The SMILES string of the molecule is c1ccc(-c2nc(-c3ccccc3)nc(-c3cc(-c4ccccc4-c4cc5ccccc5c5ccccc45)cc4oc5ccccc5c34)n2)cc1. The van der Waals surface area contributed by atoms with Gasteiger partial charge >= 0.3 is 0 Å². The molecule has 0 saturated carbocycles. The number of benzene rings is 8. The molecule has 4 heteroatoms. The maximum Gasteiger partial charge on any atom is 0.164 e. The van der Waals surface area contributed by atoms with Crippen molar-refractivity contribution in [2.75, 3.05) is 0 Å². The Morgan fingerprint density at radius 1 is 0.314 bits per heavy atom. The number of rotatable bonds is 5. The third-order valence-electron chi connectivity index (χ3n) is 9.72. The van der Waals surface area contributed by atoms with Gasteiger partial charge in [-0.2, -0.15) is 0 Å². The van der Waals surface area contributed by atoms with Crippen molar-refractivity contribution >= 4 is 43.5 Å². The van der Waals surface area contributed by atoms with E-state index in [4.69, 9.17) is 19.4 Å². The van der Waals surface area contributed by atoms with Crippen molar-refractivity contribution in [3.63, 3.8) is 0 Å². The van der Waals surface area contributed by atoms with Crippen molar-refractivity contribution in [3.8, 4) is 56.4 Å². The number of nitrogens with zero attached hydrogens (tertiary/aromatic N) is 3. The van der Waals surface area contributed by atoms with Crippen molar-refractivity contribution < 1.29 is 4.42 Å². The third-order valence-corrected chi connectivity index (χ3v) is 9.72. The normalized spacial score (nSPS) is 11.5. The molecule has 0 aliphatic rings. The van der Waals surface area contributed by atoms with Crippen LogP contribution in [-0.2, 0) is 0 Å². The average Bonchev–Trinajstić information content (AvgIpc) is 3.59. The van der Waals surface area contributed by atoms with Gasteiger partial charge in [-0.1, -0.05) is 152 Å². The summed E-state index contributed by atoms with van der Waals surface area (Å²) in [6.07, 6.45) is 0. The van der Waals surface area contributed by atoms with Crippen LogP contribution in [0.5, 0.6) is 0 Å². The fourth-order valence-corrected chi connectivity index (χ4v) is 7.36. The maximum absolute atomic E-state index is 6.61. The summed E-state index contributed by atoms with van der Waals surface area (Å²) in [4.78, 5) is 15.3. The van der Waals surface area contributed by atoms with Gasteiger partial charge in [0.2, 0.25) is 0 Å². The minimum atomic E-state index is 0.592. The Bertz CT molecular complexity index is 2860. The van der Waals surface area contributed by atoms with E-state index in [0.717, 1.165) is 55.3 Å². The van der Waals surface area contributed by atoms with Crippen LogP contribution in [-0.4, -0.2) is 15.0 Å². The van der Waals surface area contributed by atoms with Gasteiger partial charge in [0.25, 0.3) is 0 Å². The maximum atomic E-state index is 6.61. The standard InChI is InChI=1S/C47H29N3O/c1-3-15-30(16-4-1)45-48-46(31-17-5-2-6-18-31)50-47(49-45)41-28-33(29-43-44(41)39-25-13-14-26-42(39)51-43)35-21-9-10-23-37(35)40-27-32-19-7-8-20-34(32)36-22-11-12-24-38(36)40/h1-29H. The minimum Gasteiger partial charge on any atom is -0.456 e. The van der Waals surface area contributed by atoms with Gasteiger partial charge < -0.3 is 4.42 Å². The first-order chi connectivity index (χ1) is 25.3. The molecule has 4 nitrogen and oxygen atoms in total. The van der Waals surface area contributed by atoms with Crippen LogP contribution in [0.1, 0.15) is 0 Å². The van der Waals surface area contributed by atoms with E-state index in [1.54, 1.807) is 0 Å². The van der Waals surface area contributed by atoms with Crippen LogP contribution in [0.4, 0.5) is 0 Å². The van der Waals surface area contributed by atoms with Crippen LogP contribution in [0, 0.1) is 0 Å². The zero-order valence-electron chi connectivity index (χ0n) is 27.5. The second-order valence-electron chi connectivity index (χ2n) is 12.8. The zero-order valence-corrected chi connectivity index (χ0v) is 27.5. The van der Waals surface area contributed by atoms with Gasteiger partial charge in [-0.25, -0.2) is 15.0 Å². The molecule has 0 aliphatic heterocycles. The molecule has 0 radical (unpaired) electrons. The number of fused-ring (bicyclic) bond motifs is 6. The van der Waals surface area contributed by atoms with Gasteiger partial charge in [0.15, 0.2) is 17.5 Å². The highest BCUT2D eigenvalue weighted by Gasteiger charge is 2.21. The summed E-state index contributed by atoms with van der Waals surface area (Å²) >= 11 is 0. The fraction of sp³-hybridized carbons (Fsp3) is 0. The molecule has 8 aromatic carbocycles. The van der Waals surface area contributed by atoms with E-state index in [1.807, 2.05) is 78.9 Å². The molecule has 0 atom stereocenters. The Morgan fingerprint density at radius 2 is 0.863 bits per heavy atom. The lowest BCUT2D eigenvalue weighted by Crippen LogP contribution is -2.00. The molecule has 2 heterocycles. The number of furan rings is 1. The van der Waals surface area contributed by atoms with Gasteiger partial charge in [0.1, 0.15) is 11.2 Å². The Kier molecular flexibility index (Phi) is 6.78. The van der Waals surface area contributed by atoms with E-state index in [2.05, 4.69) is 97.1 Å². The van der Waals surface area contributed by atoms with E-state index < -0.39 is 0 Å². The molecule has 0 aliphatic carbocycles. The van der Waals surface area contributed by atoms with E-state index >= 15 is 0 Å². The summed E-state index contributed by atoms with van der Waals surface area (Å²) in [7, 11) is 0. The predicted octanol–water partition coefficient (Wildman–Crippen LogP) is 12.4. The van der Waals surface area contributed by atoms with Crippen LogP contribution >= 0.6 is 0 Å². The molecule has 51 heavy (non-hydrogen) atoms. The lowest BCUT2D eigenvalue weighted by Gasteiger charge is -2.16. The predicted molar refractivity (Wildman–Crippen MR) is 209 cm³/mol. The number of hydrogen-bond donors (Lipinski definition) is 0. The Labute approximate surface area is 294 Å². The van der Waals surface area contributed by atoms with Gasteiger partial charge in [-0.05, 0) is 68.1 Å². The molecule has 10 aromatic rings. The van der Waals surface area contributed by atoms with E-state index in [1.165, 1.54) is 27.1 Å². The molecule has 0 saturated heterocycles. The summed E-state index contributed by atoms with van der Waals surface area (Å²) in [5.74, 6) is 1.83. The lowest BCUT2D eigenvalue weighted by molar-refractivity contribution is 0.669. The molecule has 0 unspecified atom stereocenters. The first-order valence-electron chi connectivity index (χ1n) is 17.1. The van der Waals surface area contributed by atoms with Crippen LogP contribution in [0.2, 0.25) is 0 Å². The van der Waals surface area contributed by atoms with E-state index in [0.29, 0.717) is 17.5 Å². The van der Waals surface area contributed by atoms with Crippen LogP contribution in [0.3, 0.4) is 0 Å². The van der Waals surface area contributed by atoms with Crippen molar-refractivity contribution in [1.29, 1.82) is 0 Å². The highest BCUT2D eigenvalue weighted by molar-refractivity contribution is 6.16. The first kappa shape index (κ1) is 29.0. The summed E-state index contributed by atoms with van der Waals surface area (Å²) in [5.41, 5.74) is 8.80. The summed E-state index contributed by atoms with van der Waals surface area (Å²) in [6, 6.07) is 61.1. The molecular formula is C47H29N3O. The molecule has 0 bridgehead atoms. The van der Waals surface area contributed by atoms with Gasteiger partial charge in [0.05, 0.1) is 0 Å². The Hall–Kier alpha value is -6.91. The Balaban J connectivity index is 1.27. The van der Waals surface area contributed by atoms with Gasteiger partial charge in [-0.3, -0.25) is 0 Å². The molecule has 0 spiro atoms. The number of aromatic nitrogens is 3. The molecule has 0 N–H and O–H groups in total. The quantitative estimate of drug-likeness (QED) is 0.174. The summed E-state index contributed by atoms with van der Waals surface area (Å²) in [6.45, 7) is 0. The molecule has 10 rings (SSSR count). The zero-order chi connectivity index (χ0) is 33.7. The largest absolute Gasteiger partial charge is 0.456 e. The van der Waals surface area contributed by atoms with Gasteiger partial charge in [0, 0.05) is 27.5 Å². The Morgan fingerprint density at radius 3 is 1.59 bits per heavy atom. The van der Waals surface area contributed by atoms with Crippen molar-refractivity contribution in [1.82, 2.24) is 15.0 Å². The third kappa shape index (κ3) is 4.96. The second kappa shape index (κ2) is 11.9. The topological polar surface area (TPSA) is 51.8 Å². The highest BCUT2D eigenvalue weighted by atomic mass is 16.3. The summed E-state index contributed by atoms with van der Waals surface area (Å²) < 4.78 is 6.61. The first-order valence-corrected chi connectivity index (χ1v) is 17.1. The van der Waals surface area contributed by atoms with Crippen LogP contribution in [0.25, 0.3) is 99.9 Å². The highest BCUT2D eigenvalue weighted by Crippen LogP contribution is 2.44. The summed E-state index contributed by atoms with van der Waals surface area (Å²) in [5, 5.41) is 6.91. The van der Waals surface area contributed by atoms with Crippen LogP contribution < -0.4 is 0 Å². The molecule has 0 fully saturated rings. The number of para-hydroxylation sites is 1. The lowest BCUT2D eigenvalue weighted by atomic mass is 9.88. The average molecular weight is 652 g/mol. The van der Waals surface area contributed by atoms with Gasteiger partial charge in [-0.15, -0.1) is 0 Å². The van der Waals surface area contributed by atoms with Crippen LogP contribution in [0.15, 0.2) is 180 Å². The second-order valence-corrected chi connectivity index (χ2v) is 12.8. The fourth-order valence-electron chi connectivity index (χ4n) is 7.36. The van der Waals surface area contributed by atoms with Crippen molar-refractivity contribution in [2.24, 2.45) is 0 Å². The minimum absolute atomic E-state index is 0.592. The molecule has 238 valence electrons. The van der Waals surface area contributed by atoms with Crippen molar-refractivity contribution in [2.45, 2.75) is 0 Å². The molecule has 2 aromatic heterocycles. The van der Waals surface area contributed by atoms with E-state index in [9.17, 15) is 0 Å². The molecule has 0 amide bonds. The number of hydrogen-bond acceptors (Lipinski definition) is 4. The molecular weight excluding hydrogens is 623 g/mol.